The maximum Gasteiger partial charge on any atom is 0.253 e. The number of piperidine rings is 1. The van der Waals surface area contributed by atoms with Gasteiger partial charge in [0.15, 0.2) is 0 Å². The molecule has 1 unspecified atom stereocenters. The average Bonchev–Trinajstić information content (AvgIpc) is 3.32. The van der Waals surface area contributed by atoms with Crippen LogP contribution in [-0.4, -0.2) is 40.0 Å². The van der Waals surface area contributed by atoms with Gasteiger partial charge in [-0.2, -0.15) is 9.97 Å². The number of benzene rings is 2. The number of H-pyrrole nitrogens is 1. The number of fused-ring (bicyclic) bond motifs is 1. The zero-order chi connectivity index (χ0) is 23.3. The Bertz CT molecular complexity index is 1300. The summed E-state index contributed by atoms with van der Waals surface area (Å²) in [6, 6.07) is 15.7. The van der Waals surface area contributed by atoms with E-state index in [1.165, 1.54) is 12.1 Å². The van der Waals surface area contributed by atoms with Gasteiger partial charge in [-0.3, -0.25) is 4.79 Å². The number of carbonyl (C=O) groups is 1. The molecule has 1 aliphatic rings. The summed E-state index contributed by atoms with van der Waals surface area (Å²) in [6.07, 6.45) is 3.79. The third kappa shape index (κ3) is 4.99. The van der Waals surface area contributed by atoms with Gasteiger partial charge >= 0.3 is 0 Å². The van der Waals surface area contributed by atoms with E-state index in [1.807, 2.05) is 30.3 Å². The van der Waals surface area contributed by atoms with E-state index in [0.29, 0.717) is 35.2 Å². The molecule has 0 radical (unpaired) electrons. The molecule has 34 heavy (non-hydrogen) atoms. The summed E-state index contributed by atoms with van der Waals surface area (Å²) in [4.78, 5) is 25.3. The fourth-order valence-electron chi connectivity index (χ4n) is 4.11. The first-order valence-electron chi connectivity index (χ1n) is 11.4. The van der Waals surface area contributed by atoms with Crippen molar-refractivity contribution < 1.29 is 9.18 Å². The van der Waals surface area contributed by atoms with Crippen LogP contribution in [0.2, 0.25) is 0 Å². The fourth-order valence-corrected chi connectivity index (χ4v) is 4.11. The zero-order valence-electron chi connectivity index (χ0n) is 18.6. The molecule has 1 amide bonds. The summed E-state index contributed by atoms with van der Waals surface area (Å²) < 4.78 is 13.5. The molecule has 2 aromatic heterocycles. The van der Waals surface area contributed by atoms with Gasteiger partial charge in [0.1, 0.15) is 17.3 Å². The zero-order valence-corrected chi connectivity index (χ0v) is 18.6. The largest absolute Gasteiger partial charge is 0.365 e. The van der Waals surface area contributed by atoms with Crippen molar-refractivity contribution in [3.05, 3.63) is 77.7 Å². The van der Waals surface area contributed by atoms with Gasteiger partial charge in [0.2, 0.25) is 5.95 Å². The topological polar surface area (TPSA) is 107 Å². The van der Waals surface area contributed by atoms with Crippen molar-refractivity contribution in [3.8, 4) is 0 Å². The van der Waals surface area contributed by atoms with E-state index < -0.39 is 0 Å². The van der Waals surface area contributed by atoms with Crippen LogP contribution in [0, 0.1) is 5.82 Å². The van der Waals surface area contributed by atoms with Crippen molar-refractivity contribution in [1.82, 2.24) is 25.6 Å². The molecule has 1 atom stereocenters. The molecule has 174 valence electrons. The standard InChI is InChI=1S/C25H26FN7O/c26-17-6-3-5-16(13-17)14-29-23-20-10-12-28-22(20)32-25(33-23)31-21-9-2-1-8-19(21)24(34)30-18-7-4-11-27-15-18/h1-3,5-6,8-10,12-13,18,27H,4,7,11,14-15H2,(H,30,34)(H3,28,29,31,32,33). The van der Waals surface area contributed by atoms with E-state index in [1.54, 1.807) is 18.3 Å². The number of rotatable bonds is 7. The molecule has 0 saturated carbocycles. The van der Waals surface area contributed by atoms with Crippen molar-refractivity contribution in [2.75, 3.05) is 23.7 Å². The fraction of sp³-hybridized carbons (Fsp3) is 0.240. The second-order valence-corrected chi connectivity index (χ2v) is 8.31. The first-order valence-corrected chi connectivity index (χ1v) is 11.4. The SMILES string of the molecule is O=C(NC1CCCNC1)c1ccccc1Nc1nc(NCc2cccc(F)c2)c2cc[nH]c2n1. The molecule has 1 saturated heterocycles. The third-order valence-electron chi connectivity index (χ3n) is 5.81. The number of aromatic nitrogens is 3. The summed E-state index contributed by atoms with van der Waals surface area (Å²) in [7, 11) is 0. The second kappa shape index (κ2) is 9.88. The van der Waals surface area contributed by atoms with Gasteiger partial charge in [0, 0.05) is 25.3 Å². The van der Waals surface area contributed by atoms with Crippen LogP contribution in [0.3, 0.4) is 0 Å². The first kappa shape index (κ1) is 21.8. The van der Waals surface area contributed by atoms with Gasteiger partial charge in [0.25, 0.3) is 5.91 Å². The molecule has 5 N–H and O–H groups in total. The Labute approximate surface area is 196 Å². The summed E-state index contributed by atoms with van der Waals surface area (Å²) >= 11 is 0. The Balaban J connectivity index is 1.37. The number of hydrogen-bond acceptors (Lipinski definition) is 6. The van der Waals surface area contributed by atoms with Crippen LogP contribution >= 0.6 is 0 Å². The lowest BCUT2D eigenvalue weighted by Gasteiger charge is -2.24. The minimum Gasteiger partial charge on any atom is -0.365 e. The highest BCUT2D eigenvalue weighted by molar-refractivity contribution is 6.00. The molecule has 8 nitrogen and oxygen atoms in total. The highest BCUT2D eigenvalue weighted by Gasteiger charge is 2.19. The number of para-hydroxylation sites is 1. The Morgan fingerprint density at radius 2 is 2.03 bits per heavy atom. The molecule has 0 bridgehead atoms. The maximum atomic E-state index is 13.5. The van der Waals surface area contributed by atoms with Crippen molar-refractivity contribution in [3.63, 3.8) is 0 Å². The van der Waals surface area contributed by atoms with E-state index in [0.717, 1.165) is 36.9 Å². The van der Waals surface area contributed by atoms with Crippen LogP contribution in [0.25, 0.3) is 11.0 Å². The van der Waals surface area contributed by atoms with Gasteiger partial charge in [-0.05, 0) is 55.3 Å². The third-order valence-corrected chi connectivity index (χ3v) is 5.81. The molecule has 4 aromatic rings. The number of anilines is 3. The van der Waals surface area contributed by atoms with E-state index in [-0.39, 0.29) is 17.8 Å². The molecule has 2 aromatic carbocycles. The molecular weight excluding hydrogens is 433 g/mol. The Morgan fingerprint density at radius 3 is 2.88 bits per heavy atom. The lowest BCUT2D eigenvalue weighted by molar-refractivity contribution is 0.0931. The molecule has 1 fully saturated rings. The number of carbonyl (C=O) groups excluding carboxylic acids is 1. The molecule has 0 aliphatic carbocycles. The molecule has 9 heteroatoms. The van der Waals surface area contributed by atoms with E-state index in [4.69, 9.17) is 0 Å². The summed E-state index contributed by atoms with van der Waals surface area (Å²) in [5.41, 5.74) is 2.59. The number of amides is 1. The van der Waals surface area contributed by atoms with E-state index in [9.17, 15) is 9.18 Å². The van der Waals surface area contributed by atoms with Crippen molar-refractivity contribution in [1.29, 1.82) is 0 Å². The van der Waals surface area contributed by atoms with Crippen LogP contribution in [0.1, 0.15) is 28.8 Å². The molecular formula is C25H26FN7O. The number of nitrogens with one attached hydrogen (secondary N) is 5. The van der Waals surface area contributed by atoms with Crippen LogP contribution in [0.5, 0.6) is 0 Å². The van der Waals surface area contributed by atoms with Crippen molar-refractivity contribution >= 4 is 34.4 Å². The monoisotopic (exact) mass is 459 g/mol. The van der Waals surface area contributed by atoms with Gasteiger partial charge in [-0.1, -0.05) is 24.3 Å². The predicted molar refractivity (Wildman–Crippen MR) is 131 cm³/mol. The van der Waals surface area contributed by atoms with Crippen molar-refractivity contribution in [2.24, 2.45) is 0 Å². The normalized spacial score (nSPS) is 15.7. The van der Waals surface area contributed by atoms with Crippen LogP contribution in [0.4, 0.5) is 21.8 Å². The maximum absolute atomic E-state index is 13.5. The van der Waals surface area contributed by atoms with Crippen LogP contribution < -0.4 is 21.3 Å². The number of nitrogens with zero attached hydrogens (tertiary/aromatic N) is 2. The summed E-state index contributed by atoms with van der Waals surface area (Å²) in [5.74, 6) is 0.529. The predicted octanol–water partition coefficient (Wildman–Crippen LogP) is 3.93. The molecule has 3 heterocycles. The second-order valence-electron chi connectivity index (χ2n) is 8.31. The first-order chi connectivity index (χ1) is 16.7. The van der Waals surface area contributed by atoms with Crippen molar-refractivity contribution in [2.45, 2.75) is 25.4 Å². The van der Waals surface area contributed by atoms with Crippen LogP contribution in [-0.2, 0) is 6.54 Å². The lowest BCUT2D eigenvalue weighted by atomic mass is 10.1. The van der Waals surface area contributed by atoms with Gasteiger partial charge in [-0.15, -0.1) is 0 Å². The van der Waals surface area contributed by atoms with Crippen LogP contribution in [0.15, 0.2) is 60.8 Å². The van der Waals surface area contributed by atoms with Gasteiger partial charge < -0.3 is 26.3 Å². The highest BCUT2D eigenvalue weighted by Crippen LogP contribution is 2.25. The molecule has 5 rings (SSSR count). The summed E-state index contributed by atoms with van der Waals surface area (Å²) in [6.45, 7) is 2.16. The average molecular weight is 460 g/mol. The Hall–Kier alpha value is -3.98. The Morgan fingerprint density at radius 1 is 1.12 bits per heavy atom. The minimum atomic E-state index is -0.282. The smallest absolute Gasteiger partial charge is 0.253 e. The minimum absolute atomic E-state index is 0.111. The molecule has 0 spiro atoms. The van der Waals surface area contributed by atoms with E-state index in [2.05, 4.69) is 36.2 Å². The summed E-state index contributed by atoms with van der Waals surface area (Å²) in [5, 5.41) is 13.7. The highest BCUT2D eigenvalue weighted by atomic mass is 19.1. The number of halogens is 1. The quantitative estimate of drug-likeness (QED) is 0.287. The molecule has 1 aliphatic heterocycles. The lowest BCUT2D eigenvalue weighted by Crippen LogP contribution is -2.45. The number of hydrogen-bond donors (Lipinski definition) is 5. The van der Waals surface area contributed by atoms with Gasteiger partial charge in [0.05, 0.1) is 16.6 Å². The Kier molecular flexibility index (Phi) is 6.35. The van der Waals surface area contributed by atoms with Gasteiger partial charge in [-0.25, -0.2) is 4.39 Å². The van der Waals surface area contributed by atoms with E-state index >= 15 is 0 Å². The number of aromatic amines is 1.